The molecule has 3 rings (SSSR count). The van der Waals surface area contributed by atoms with Gasteiger partial charge in [0, 0.05) is 7.05 Å². The number of nitrogens with zero attached hydrogens (tertiary/aromatic N) is 1. The minimum atomic E-state index is -0.568. The number of rotatable bonds is 3. The Hall–Kier alpha value is -1.42. The minimum Gasteiger partial charge on any atom is -0.362 e. The number of imide groups is 1. The first-order chi connectivity index (χ1) is 8.10. The van der Waals surface area contributed by atoms with Gasteiger partial charge in [-0.25, -0.2) is 0 Å². The molecule has 2 bridgehead atoms. The van der Waals surface area contributed by atoms with Crippen molar-refractivity contribution >= 4 is 11.8 Å². The summed E-state index contributed by atoms with van der Waals surface area (Å²) in [7, 11) is 1.56. The Kier molecular flexibility index (Phi) is 2.08. The third-order valence-electron chi connectivity index (χ3n) is 4.11. The SMILES string of the molecule is C=CCC[C@@]12C=C[C@@H](O1)[C@@H]1C(=O)N(C)C(=O)[C@@H]12. The van der Waals surface area contributed by atoms with Crippen LogP contribution in [0.15, 0.2) is 24.8 Å². The zero-order valence-electron chi connectivity index (χ0n) is 9.76. The van der Waals surface area contributed by atoms with E-state index in [4.69, 9.17) is 4.74 Å². The molecule has 0 aromatic rings. The van der Waals surface area contributed by atoms with Gasteiger partial charge >= 0.3 is 0 Å². The predicted octanol–water partition coefficient (Wildman–Crippen LogP) is 0.891. The lowest BCUT2D eigenvalue weighted by Gasteiger charge is -2.27. The third-order valence-corrected chi connectivity index (χ3v) is 4.11. The molecule has 90 valence electrons. The summed E-state index contributed by atoms with van der Waals surface area (Å²) in [5.41, 5.74) is -0.568. The Morgan fingerprint density at radius 2 is 2.29 bits per heavy atom. The fourth-order valence-electron chi connectivity index (χ4n) is 3.27. The average molecular weight is 233 g/mol. The van der Waals surface area contributed by atoms with Crippen molar-refractivity contribution in [3.63, 3.8) is 0 Å². The molecular formula is C13H15NO3. The van der Waals surface area contributed by atoms with E-state index in [-0.39, 0.29) is 29.8 Å². The van der Waals surface area contributed by atoms with E-state index in [0.29, 0.717) is 0 Å². The van der Waals surface area contributed by atoms with Crippen LogP contribution in [0.4, 0.5) is 0 Å². The van der Waals surface area contributed by atoms with Crippen molar-refractivity contribution in [1.29, 1.82) is 0 Å². The molecule has 4 atom stereocenters. The quantitative estimate of drug-likeness (QED) is 0.537. The molecule has 0 unspecified atom stereocenters. The van der Waals surface area contributed by atoms with E-state index >= 15 is 0 Å². The molecule has 2 fully saturated rings. The molecule has 0 saturated carbocycles. The lowest BCUT2D eigenvalue weighted by atomic mass is 9.75. The van der Waals surface area contributed by atoms with E-state index in [1.165, 1.54) is 4.90 Å². The highest BCUT2D eigenvalue weighted by atomic mass is 16.5. The van der Waals surface area contributed by atoms with Crippen LogP contribution in [0.3, 0.4) is 0 Å². The summed E-state index contributed by atoms with van der Waals surface area (Å²) in [5.74, 6) is -0.831. The van der Waals surface area contributed by atoms with E-state index in [0.717, 1.165) is 12.8 Å². The van der Waals surface area contributed by atoms with Crippen LogP contribution in [0.2, 0.25) is 0 Å². The second-order valence-corrected chi connectivity index (χ2v) is 4.96. The molecule has 0 radical (unpaired) electrons. The fraction of sp³-hybridized carbons (Fsp3) is 0.538. The zero-order valence-corrected chi connectivity index (χ0v) is 9.76. The molecule has 0 N–H and O–H groups in total. The highest BCUT2D eigenvalue weighted by molar-refractivity contribution is 6.06. The number of carbonyl (C=O) groups excluding carboxylic acids is 2. The predicted molar refractivity (Wildman–Crippen MR) is 60.9 cm³/mol. The number of amides is 2. The Balaban J connectivity index is 1.98. The van der Waals surface area contributed by atoms with E-state index in [1.54, 1.807) is 7.05 Å². The van der Waals surface area contributed by atoms with Crippen LogP contribution in [0.5, 0.6) is 0 Å². The Morgan fingerprint density at radius 3 is 3.00 bits per heavy atom. The number of carbonyl (C=O) groups is 2. The van der Waals surface area contributed by atoms with Crippen molar-refractivity contribution < 1.29 is 14.3 Å². The van der Waals surface area contributed by atoms with Crippen LogP contribution >= 0.6 is 0 Å². The number of hydrogen-bond donors (Lipinski definition) is 0. The van der Waals surface area contributed by atoms with Gasteiger partial charge in [-0.15, -0.1) is 6.58 Å². The lowest BCUT2D eigenvalue weighted by molar-refractivity contribution is -0.142. The maximum Gasteiger partial charge on any atom is 0.236 e. The molecule has 3 heterocycles. The normalized spacial score (nSPS) is 42.4. The van der Waals surface area contributed by atoms with Gasteiger partial charge in [0.2, 0.25) is 11.8 Å². The highest BCUT2D eigenvalue weighted by Gasteiger charge is 2.66. The Morgan fingerprint density at radius 1 is 1.53 bits per heavy atom. The number of allylic oxidation sites excluding steroid dienone is 1. The van der Waals surface area contributed by atoms with Crippen LogP contribution in [0.1, 0.15) is 12.8 Å². The topological polar surface area (TPSA) is 46.6 Å². The largest absolute Gasteiger partial charge is 0.362 e. The highest BCUT2D eigenvalue weighted by Crippen LogP contribution is 2.53. The second kappa shape index (κ2) is 3.29. The van der Waals surface area contributed by atoms with Gasteiger partial charge in [-0.05, 0) is 12.8 Å². The summed E-state index contributed by atoms with van der Waals surface area (Å²) in [5, 5.41) is 0. The molecule has 0 spiro atoms. The number of fused-ring (bicyclic) bond motifs is 5. The van der Waals surface area contributed by atoms with Gasteiger partial charge in [0.05, 0.1) is 23.5 Å². The summed E-state index contributed by atoms with van der Waals surface area (Å²) < 4.78 is 5.89. The monoisotopic (exact) mass is 233 g/mol. The smallest absolute Gasteiger partial charge is 0.236 e. The molecule has 4 heteroatoms. The molecule has 17 heavy (non-hydrogen) atoms. The van der Waals surface area contributed by atoms with Crippen molar-refractivity contribution in [2.24, 2.45) is 11.8 Å². The fourth-order valence-corrected chi connectivity index (χ4v) is 3.27. The molecule has 0 aromatic heterocycles. The van der Waals surface area contributed by atoms with Gasteiger partial charge in [0.15, 0.2) is 0 Å². The lowest BCUT2D eigenvalue weighted by Crippen LogP contribution is -2.39. The Bertz CT molecular complexity index is 442. The van der Waals surface area contributed by atoms with E-state index in [2.05, 4.69) is 6.58 Å². The maximum absolute atomic E-state index is 12.1. The maximum atomic E-state index is 12.1. The van der Waals surface area contributed by atoms with Gasteiger partial charge in [-0.2, -0.15) is 0 Å². The van der Waals surface area contributed by atoms with E-state index in [9.17, 15) is 9.59 Å². The van der Waals surface area contributed by atoms with Crippen molar-refractivity contribution in [3.8, 4) is 0 Å². The second-order valence-electron chi connectivity index (χ2n) is 4.96. The van der Waals surface area contributed by atoms with Gasteiger partial charge in [-0.1, -0.05) is 18.2 Å². The van der Waals surface area contributed by atoms with Crippen LogP contribution < -0.4 is 0 Å². The van der Waals surface area contributed by atoms with Crippen LogP contribution in [-0.2, 0) is 14.3 Å². The van der Waals surface area contributed by atoms with E-state index in [1.807, 2.05) is 18.2 Å². The molecule has 3 aliphatic heterocycles. The number of likely N-dealkylation sites (tertiary alicyclic amines) is 1. The standard InChI is InChI=1S/C13H15NO3/c1-3-4-6-13-7-5-8(17-13)9-10(13)12(16)14(2)11(9)15/h3,5,7-10H,1,4,6H2,2H3/t8-,9+,10-,13+/m1/s1. The number of hydrogen-bond acceptors (Lipinski definition) is 3. The van der Waals surface area contributed by atoms with Crippen molar-refractivity contribution in [2.75, 3.05) is 7.05 Å². The van der Waals surface area contributed by atoms with Gasteiger partial charge in [0.1, 0.15) is 0 Å². The summed E-state index contributed by atoms with van der Waals surface area (Å²) in [6.45, 7) is 3.69. The molecule has 3 aliphatic rings. The van der Waals surface area contributed by atoms with Crippen molar-refractivity contribution in [3.05, 3.63) is 24.8 Å². The van der Waals surface area contributed by atoms with Crippen LogP contribution in [-0.4, -0.2) is 35.5 Å². The molecule has 0 aliphatic carbocycles. The average Bonchev–Trinajstić information content (AvgIpc) is 2.94. The Labute approximate surface area is 99.9 Å². The van der Waals surface area contributed by atoms with Crippen LogP contribution in [0.25, 0.3) is 0 Å². The van der Waals surface area contributed by atoms with Gasteiger partial charge in [-0.3, -0.25) is 14.5 Å². The van der Waals surface area contributed by atoms with Crippen molar-refractivity contribution in [1.82, 2.24) is 4.90 Å². The summed E-state index contributed by atoms with van der Waals surface area (Å²) in [4.78, 5) is 25.3. The summed E-state index contributed by atoms with van der Waals surface area (Å²) >= 11 is 0. The van der Waals surface area contributed by atoms with E-state index < -0.39 is 5.60 Å². The molecule has 2 saturated heterocycles. The first-order valence-corrected chi connectivity index (χ1v) is 5.90. The summed E-state index contributed by atoms with van der Waals surface area (Å²) in [6.07, 6.45) is 6.99. The van der Waals surface area contributed by atoms with Crippen LogP contribution in [0, 0.1) is 11.8 Å². The molecule has 4 nitrogen and oxygen atoms in total. The first-order valence-electron chi connectivity index (χ1n) is 5.90. The number of ether oxygens (including phenoxy) is 1. The third kappa shape index (κ3) is 1.16. The van der Waals surface area contributed by atoms with Gasteiger partial charge in [0.25, 0.3) is 0 Å². The molecule has 2 amide bonds. The minimum absolute atomic E-state index is 0.101. The summed E-state index contributed by atoms with van der Waals surface area (Å²) in [6, 6.07) is 0. The molecule has 0 aromatic carbocycles. The molecular weight excluding hydrogens is 218 g/mol. The van der Waals surface area contributed by atoms with Crippen molar-refractivity contribution in [2.45, 2.75) is 24.5 Å². The van der Waals surface area contributed by atoms with Gasteiger partial charge < -0.3 is 4.74 Å². The zero-order chi connectivity index (χ0) is 12.2. The first kappa shape index (κ1) is 10.7.